The van der Waals surface area contributed by atoms with E-state index < -0.39 is 17.9 Å². The molecule has 1 aliphatic heterocycles. The van der Waals surface area contributed by atoms with Gasteiger partial charge < -0.3 is 20.6 Å². The molecule has 0 aromatic carbocycles. The van der Waals surface area contributed by atoms with E-state index in [9.17, 15) is 34.2 Å². The predicted octanol–water partition coefficient (Wildman–Crippen LogP) is -2.44. The summed E-state index contributed by atoms with van der Waals surface area (Å²) in [5.74, 6) is -3.48. The van der Waals surface area contributed by atoms with Crippen LogP contribution in [0.4, 0.5) is 0 Å². The summed E-state index contributed by atoms with van der Waals surface area (Å²) in [6, 6.07) is 0. The number of hydrogen-bond acceptors (Lipinski definition) is 9. The van der Waals surface area contributed by atoms with E-state index in [2.05, 4.69) is 5.32 Å². The molecule has 0 aliphatic carbocycles. The van der Waals surface area contributed by atoms with Gasteiger partial charge in [0.05, 0.1) is 32.7 Å². The number of carbonyl (C=O) groups is 5. The number of carboxylic acids is 3. The molecule has 13 heteroatoms. The Morgan fingerprint density at radius 3 is 1.18 bits per heavy atom. The van der Waals surface area contributed by atoms with Crippen molar-refractivity contribution in [1.29, 1.82) is 0 Å². The van der Waals surface area contributed by atoms with Crippen LogP contribution in [-0.2, 0) is 24.0 Å². The Morgan fingerprint density at radius 2 is 0.909 bits per heavy atom. The van der Waals surface area contributed by atoms with Crippen LogP contribution in [0.15, 0.2) is 0 Å². The molecule has 0 spiro atoms. The molecular weight excluding hydrogens is 438 g/mol. The SMILES string of the molecule is CCC(=O)CNC(=O)CN1CCN(CC(=O)O)CCN(CC(=O)O)CCN(CC(=O)O)CC1. The summed E-state index contributed by atoms with van der Waals surface area (Å²) < 4.78 is 0. The molecular formula is C20H35N5O8. The summed E-state index contributed by atoms with van der Waals surface area (Å²) in [4.78, 5) is 64.3. The maximum absolute atomic E-state index is 12.3. The summed E-state index contributed by atoms with van der Waals surface area (Å²) >= 11 is 0. The number of nitrogens with zero attached hydrogens (tertiary/aromatic N) is 4. The van der Waals surface area contributed by atoms with Crippen molar-refractivity contribution in [2.24, 2.45) is 0 Å². The van der Waals surface area contributed by atoms with Crippen LogP contribution < -0.4 is 5.32 Å². The Kier molecular flexibility index (Phi) is 13.1. The highest BCUT2D eigenvalue weighted by Crippen LogP contribution is 2.01. The highest BCUT2D eigenvalue weighted by Gasteiger charge is 2.21. The normalized spacial score (nSPS) is 18.1. The summed E-state index contributed by atoms with van der Waals surface area (Å²) in [7, 11) is 0. The minimum atomic E-state index is -1.02. The molecule has 33 heavy (non-hydrogen) atoms. The van der Waals surface area contributed by atoms with Crippen molar-refractivity contribution >= 4 is 29.6 Å². The van der Waals surface area contributed by atoms with E-state index in [1.54, 1.807) is 26.5 Å². The van der Waals surface area contributed by atoms with Crippen LogP contribution in [0, 0.1) is 0 Å². The second kappa shape index (κ2) is 15.3. The maximum atomic E-state index is 12.3. The standard InChI is InChI=1S/C20H35N5O8/c1-2-16(26)11-21-17(27)12-22-3-5-23(13-18(28)29)7-9-25(15-20(32)33)10-8-24(6-4-22)14-19(30)31/h2-15H2,1H3,(H,21,27)(H,28,29)(H,30,31)(H,32,33). The third-order valence-corrected chi connectivity index (χ3v) is 5.25. The lowest BCUT2D eigenvalue weighted by Crippen LogP contribution is -2.50. The first-order valence-electron chi connectivity index (χ1n) is 10.9. The highest BCUT2D eigenvalue weighted by atomic mass is 16.4. The molecule has 1 heterocycles. The molecule has 0 saturated carbocycles. The molecule has 0 bridgehead atoms. The molecule has 0 aromatic rings. The van der Waals surface area contributed by atoms with E-state index in [1.807, 2.05) is 0 Å². The Labute approximate surface area is 192 Å². The summed E-state index contributed by atoms with van der Waals surface area (Å²) in [5.41, 5.74) is 0. The number of rotatable bonds is 11. The van der Waals surface area contributed by atoms with Gasteiger partial charge in [0.1, 0.15) is 0 Å². The number of carbonyl (C=O) groups excluding carboxylic acids is 2. The van der Waals surface area contributed by atoms with Crippen molar-refractivity contribution in [3.05, 3.63) is 0 Å². The first-order chi connectivity index (χ1) is 15.6. The summed E-state index contributed by atoms with van der Waals surface area (Å²) in [5, 5.41) is 30.2. The number of nitrogens with one attached hydrogen (secondary N) is 1. The fourth-order valence-corrected chi connectivity index (χ4v) is 3.37. The molecule has 1 rings (SSSR count). The van der Waals surface area contributed by atoms with Gasteiger partial charge in [-0.3, -0.25) is 43.6 Å². The minimum absolute atomic E-state index is 0.00996. The van der Waals surface area contributed by atoms with Gasteiger partial charge in [0, 0.05) is 58.8 Å². The fourth-order valence-electron chi connectivity index (χ4n) is 3.37. The van der Waals surface area contributed by atoms with Crippen LogP contribution in [0.3, 0.4) is 0 Å². The van der Waals surface area contributed by atoms with Gasteiger partial charge in [0.15, 0.2) is 5.78 Å². The van der Waals surface area contributed by atoms with Crippen LogP contribution in [-0.4, -0.2) is 150 Å². The monoisotopic (exact) mass is 473 g/mol. The van der Waals surface area contributed by atoms with Crippen LogP contribution in [0.2, 0.25) is 0 Å². The average Bonchev–Trinajstić information content (AvgIpc) is 2.72. The maximum Gasteiger partial charge on any atom is 0.317 e. The Balaban J connectivity index is 2.91. The van der Waals surface area contributed by atoms with E-state index in [0.717, 1.165) is 0 Å². The third kappa shape index (κ3) is 13.5. The molecule has 1 aliphatic rings. The second-order valence-electron chi connectivity index (χ2n) is 7.95. The molecule has 0 unspecified atom stereocenters. The number of ketones is 1. The Morgan fingerprint density at radius 1 is 0.606 bits per heavy atom. The number of amides is 1. The van der Waals surface area contributed by atoms with Crippen LogP contribution in [0.25, 0.3) is 0 Å². The number of hydrogen-bond donors (Lipinski definition) is 4. The van der Waals surface area contributed by atoms with Crippen LogP contribution in [0.1, 0.15) is 13.3 Å². The molecule has 1 saturated heterocycles. The molecule has 0 atom stereocenters. The zero-order valence-corrected chi connectivity index (χ0v) is 19.1. The summed E-state index contributed by atoms with van der Waals surface area (Å²) in [6.45, 7) is 3.54. The van der Waals surface area contributed by atoms with Gasteiger partial charge in [0.25, 0.3) is 0 Å². The zero-order chi connectivity index (χ0) is 24.8. The smallest absolute Gasteiger partial charge is 0.317 e. The van der Waals surface area contributed by atoms with E-state index in [-0.39, 0.29) is 44.4 Å². The first-order valence-corrected chi connectivity index (χ1v) is 10.9. The molecule has 0 radical (unpaired) electrons. The highest BCUT2D eigenvalue weighted by molar-refractivity contribution is 5.86. The van der Waals surface area contributed by atoms with Gasteiger partial charge in [-0.1, -0.05) is 6.92 Å². The molecule has 4 N–H and O–H groups in total. The van der Waals surface area contributed by atoms with Gasteiger partial charge in [-0.2, -0.15) is 0 Å². The van der Waals surface area contributed by atoms with Crippen molar-refractivity contribution < 1.29 is 39.3 Å². The van der Waals surface area contributed by atoms with E-state index in [4.69, 9.17) is 5.11 Å². The fraction of sp³-hybridized carbons (Fsp3) is 0.750. The summed E-state index contributed by atoms with van der Waals surface area (Å²) in [6.07, 6.45) is 0.317. The van der Waals surface area contributed by atoms with Crippen molar-refractivity contribution in [2.45, 2.75) is 13.3 Å². The Hall–Kier alpha value is -2.61. The van der Waals surface area contributed by atoms with E-state index in [1.165, 1.54) is 0 Å². The van der Waals surface area contributed by atoms with Crippen LogP contribution in [0.5, 0.6) is 0 Å². The van der Waals surface area contributed by atoms with Gasteiger partial charge in [-0.05, 0) is 0 Å². The predicted molar refractivity (Wildman–Crippen MR) is 117 cm³/mol. The molecule has 0 aromatic heterocycles. The van der Waals surface area contributed by atoms with Crippen molar-refractivity contribution in [3.8, 4) is 0 Å². The van der Waals surface area contributed by atoms with Gasteiger partial charge in [0.2, 0.25) is 5.91 Å². The van der Waals surface area contributed by atoms with Gasteiger partial charge in [-0.25, -0.2) is 0 Å². The van der Waals surface area contributed by atoms with Gasteiger partial charge in [-0.15, -0.1) is 0 Å². The number of carboxylic acid groups (broad SMARTS) is 3. The lowest BCUT2D eigenvalue weighted by Gasteiger charge is -2.32. The van der Waals surface area contributed by atoms with Crippen molar-refractivity contribution in [2.75, 3.05) is 85.1 Å². The lowest BCUT2D eigenvalue weighted by atomic mass is 10.3. The largest absolute Gasteiger partial charge is 0.480 e. The van der Waals surface area contributed by atoms with E-state index in [0.29, 0.717) is 58.8 Å². The van der Waals surface area contributed by atoms with E-state index >= 15 is 0 Å². The van der Waals surface area contributed by atoms with Crippen molar-refractivity contribution in [3.63, 3.8) is 0 Å². The first kappa shape index (κ1) is 28.4. The number of aliphatic carboxylic acids is 3. The Bertz CT molecular complexity index is 657. The number of Topliss-reactive ketones (excluding diaryl/α,β-unsaturated/α-hetero) is 1. The molecule has 1 fully saturated rings. The third-order valence-electron chi connectivity index (χ3n) is 5.25. The quantitative estimate of drug-likeness (QED) is 0.250. The molecule has 13 nitrogen and oxygen atoms in total. The lowest BCUT2D eigenvalue weighted by molar-refractivity contribution is -0.140. The zero-order valence-electron chi connectivity index (χ0n) is 19.1. The topological polar surface area (TPSA) is 171 Å². The minimum Gasteiger partial charge on any atom is -0.480 e. The molecule has 188 valence electrons. The average molecular weight is 474 g/mol. The van der Waals surface area contributed by atoms with Crippen molar-refractivity contribution in [1.82, 2.24) is 24.9 Å². The molecule has 1 amide bonds. The van der Waals surface area contributed by atoms with Crippen LogP contribution >= 0.6 is 0 Å². The van der Waals surface area contributed by atoms with Gasteiger partial charge >= 0.3 is 17.9 Å². The second-order valence-corrected chi connectivity index (χ2v) is 7.95.